The summed E-state index contributed by atoms with van der Waals surface area (Å²) in [4.78, 5) is 20.7. The molecule has 23 heavy (non-hydrogen) atoms. The maximum Gasteiger partial charge on any atom is 0.275 e. The zero-order chi connectivity index (χ0) is 16.2. The van der Waals surface area contributed by atoms with Crippen LogP contribution in [0.4, 0.5) is 9.39 Å². The summed E-state index contributed by atoms with van der Waals surface area (Å²) in [6.07, 6.45) is 0. The summed E-state index contributed by atoms with van der Waals surface area (Å²) in [5.74, 6) is -0.626. The number of aromatic nitrogens is 2. The molecular formula is C15H12FN3O2S2. The van der Waals surface area contributed by atoms with Crippen molar-refractivity contribution in [2.24, 2.45) is 0 Å². The summed E-state index contributed by atoms with van der Waals surface area (Å²) < 4.78 is 18.0. The third-order valence-corrected chi connectivity index (χ3v) is 4.53. The van der Waals surface area contributed by atoms with E-state index in [-0.39, 0.29) is 11.7 Å². The number of halogens is 1. The molecule has 1 amide bonds. The lowest BCUT2D eigenvalue weighted by atomic mass is 10.1. The van der Waals surface area contributed by atoms with Crippen LogP contribution in [0.25, 0.3) is 11.3 Å². The summed E-state index contributed by atoms with van der Waals surface area (Å²) >= 11 is 2.67. The van der Waals surface area contributed by atoms with E-state index in [4.69, 9.17) is 4.74 Å². The number of carbonyl (C=O) groups excluding carboxylic acids is 1. The Labute approximate surface area is 139 Å². The second kappa shape index (κ2) is 6.95. The van der Waals surface area contributed by atoms with Gasteiger partial charge in [0.2, 0.25) is 0 Å². The molecule has 0 radical (unpaired) electrons. The van der Waals surface area contributed by atoms with Crippen LogP contribution in [-0.4, -0.2) is 23.0 Å². The molecule has 0 aliphatic rings. The number of methoxy groups -OCH3 is 1. The number of hydrogen-bond acceptors (Lipinski definition) is 6. The van der Waals surface area contributed by atoms with Gasteiger partial charge in [0.1, 0.15) is 27.2 Å². The van der Waals surface area contributed by atoms with Gasteiger partial charge in [-0.2, -0.15) is 0 Å². The summed E-state index contributed by atoms with van der Waals surface area (Å²) in [6, 6.07) is 5.97. The highest BCUT2D eigenvalue weighted by Gasteiger charge is 2.15. The first kappa shape index (κ1) is 15.7. The van der Waals surface area contributed by atoms with E-state index in [1.165, 1.54) is 34.8 Å². The van der Waals surface area contributed by atoms with E-state index in [1.54, 1.807) is 30.1 Å². The molecule has 1 N–H and O–H groups in total. The number of hydrogen-bond donors (Lipinski definition) is 1. The second-order valence-corrected chi connectivity index (χ2v) is 6.35. The summed E-state index contributed by atoms with van der Waals surface area (Å²) in [7, 11) is 1.58. The third kappa shape index (κ3) is 3.61. The number of benzene rings is 1. The average Bonchev–Trinajstić information content (AvgIpc) is 3.18. The SMILES string of the molecule is COCc1nc(C(=O)Nc2scnc2-c2ccc(F)cc2)cs1. The molecule has 3 rings (SSSR count). The van der Waals surface area contributed by atoms with E-state index in [0.717, 1.165) is 10.6 Å². The number of rotatable bonds is 5. The van der Waals surface area contributed by atoms with E-state index in [2.05, 4.69) is 15.3 Å². The molecule has 5 nitrogen and oxygen atoms in total. The van der Waals surface area contributed by atoms with Crippen LogP contribution in [0.3, 0.4) is 0 Å². The van der Waals surface area contributed by atoms with Gasteiger partial charge in [-0.1, -0.05) is 0 Å². The van der Waals surface area contributed by atoms with Crippen molar-refractivity contribution in [3.05, 3.63) is 51.7 Å². The van der Waals surface area contributed by atoms with Gasteiger partial charge in [-0.15, -0.1) is 22.7 Å². The Kier molecular flexibility index (Phi) is 4.75. The fraction of sp³-hybridized carbons (Fsp3) is 0.133. The molecule has 0 aliphatic heterocycles. The molecule has 3 aromatic rings. The van der Waals surface area contributed by atoms with Crippen molar-refractivity contribution >= 4 is 33.6 Å². The highest BCUT2D eigenvalue weighted by atomic mass is 32.1. The van der Waals surface area contributed by atoms with Crippen LogP contribution in [-0.2, 0) is 11.3 Å². The molecule has 0 saturated carbocycles. The molecule has 8 heteroatoms. The van der Waals surface area contributed by atoms with Crippen LogP contribution in [0.15, 0.2) is 35.2 Å². The number of thiazole rings is 2. The smallest absolute Gasteiger partial charge is 0.275 e. The van der Waals surface area contributed by atoms with Gasteiger partial charge in [-0.05, 0) is 24.3 Å². The summed E-state index contributed by atoms with van der Waals surface area (Å²) in [5.41, 5.74) is 3.31. The minimum absolute atomic E-state index is 0.309. The zero-order valence-electron chi connectivity index (χ0n) is 12.1. The third-order valence-electron chi connectivity index (χ3n) is 2.96. The van der Waals surface area contributed by atoms with E-state index in [9.17, 15) is 9.18 Å². The number of anilines is 1. The molecule has 118 valence electrons. The number of nitrogens with one attached hydrogen (secondary N) is 1. The predicted octanol–water partition coefficient (Wildman–Crippen LogP) is 3.80. The van der Waals surface area contributed by atoms with Crippen molar-refractivity contribution in [2.75, 3.05) is 12.4 Å². The first-order valence-corrected chi connectivity index (χ1v) is 8.37. The normalized spacial score (nSPS) is 10.7. The fourth-order valence-electron chi connectivity index (χ4n) is 1.92. The van der Waals surface area contributed by atoms with E-state index in [0.29, 0.717) is 23.0 Å². The van der Waals surface area contributed by atoms with Crippen molar-refractivity contribution < 1.29 is 13.9 Å². The van der Waals surface area contributed by atoms with Crippen LogP contribution in [0.1, 0.15) is 15.5 Å². The average molecular weight is 349 g/mol. The highest BCUT2D eigenvalue weighted by Crippen LogP contribution is 2.30. The Morgan fingerprint density at radius 1 is 1.30 bits per heavy atom. The molecule has 0 spiro atoms. The Morgan fingerprint density at radius 3 is 2.83 bits per heavy atom. The standard InChI is InChI=1S/C15H12FN3O2S2/c1-21-6-12-18-11(7-22-12)14(20)19-15-13(17-8-23-15)9-2-4-10(16)5-3-9/h2-5,7-8H,6H2,1H3,(H,19,20). The largest absolute Gasteiger partial charge is 0.378 e. The Balaban J connectivity index is 1.79. The zero-order valence-corrected chi connectivity index (χ0v) is 13.7. The van der Waals surface area contributed by atoms with Gasteiger partial charge in [-0.3, -0.25) is 4.79 Å². The van der Waals surface area contributed by atoms with Gasteiger partial charge in [0.15, 0.2) is 0 Å². The van der Waals surface area contributed by atoms with Crippen LogP contribution in [0.5, 0.6) is 0 Å². The molecule has 1 aromatic carbocycles. The van der Waals surface area contributed by atoms with Crippen LogP contribution in [0.2, 0.25) is 0 Å². The van der Waals surface area contributed by atoms with Crippen molar-refractivity contribution in [3.8, 4) is 11.3 Å². The highest BCUT2D eigenvalue weighted by molar-refractivity contribution is 7.14. The topological polar surface area (TPSA) is 64.1 Å². The minimum atomic E-state index is -0.317. The fourth-order valence-corrected chi connectivity index (χ4v) is 3.36. The molecule has 0 atom stereocenters. The molecule has 0 unspecified atom stereocenters. The van der Waals surface area contributed by atoms with Gasteiger partial charge in [0, 0.05) is 18.1 Å². The molecule has 0 bridgehead atoms. The van der Waals surface area contributed by atoms with Crippen LogP contribution < -0.4 is 5.32 Å². The van der Waals surface area contributed by atoms with Crippen molar-refractivity contribution in [1.82, 2.24) is 9.97 Å². The van der Waals surface area contributed by atoms with E-state index >= 15 is 0 Å². The number of ether oxygens (including phenoxy) is 1. The number of carbonyl (C=O) groups is 1. The molecule has 0 fully saturated rings. The number of nitrogens with zero attached hydrogens (tertiary/aromatic N) is 2. The molecule has 2 aromatic heterocycles. The lowest BCUT2D eigenvalue weighted by Crippen LogP contribution is -2.12. The predicted molar refractivity (Wildman–Crippen MR) is 88.3 cm³/mol. The quantitative estimate of drug-likeness (QED) is 0.761. The van der Waals surface area contributed by atoms with Gasteiger partial charge in [0.25, 0.3) is 5.91 Å². The molecular weight excluding hydrogens is 337 g/mol. The summed E-state index contributed by atoms with van der Waals surface area (Å²) in [6.45, 7) is 0.374. The van der Waals surface area contributed by atoms with E-state index < -0.39 is 0 Å². The molecule has 2 heterocycles. The maximum atomic E-state index is 13.0. The second-order valence-electron chi connectivity index (χ2n) is 4.55. The summed E-state index contributed by atoms with van der Waals surface area (Å²) in [5, 5.41) is 5.82. The maximum absolute atomic E-state index is 13.0. The Hall–Kier alpha value is -2.16. The van der Waals surface area contributed by atoms with Gasteiger partial charge >= 0.3 is 0 Å². The Bertz CT molecular complexity index is 814. The lowest BCUT2D eigenvalue weighted by molar-refractivity contribution is 0.102. The van der Waals surface area contributed by atoms with Gasteiger partial charge in [-0.25, -0.2) is 14.4 Å². The molecule has 0 saturated heterocycles. The molecule has 0 aliphatic carbocycles. The Morgan fingerprint density at radius 2 is 2.09 bits per heavy atom. The monoisotopic (exact) mass is 349 g/mol. The van der Waals surface area contributed by atoms with Crippen molar-refractivity contribution in [2.45, 2.75) is 6.61 Å². The van der Waals surface area contributed by atoms with Gasteiger partial charge < -0.3 is 10.1 Å². The van der Waals surface area contributed by atoms with Crippen LogP contribution >= 0.6 is 22.7 Å². The van der Waals surface area contributed by atoms with Crippen molar-refractivity contribution in [3.63, 3.8) is 0 Å². The van der Waals surface area contributed by atoms with Gasteiger partial charge in [0.05, 0.1) is 12.1 Å². The number of amides is 1. The lowest BCUT2D eigenvalue weighted by Gasteiger charge is -2.04. The minimum Gasteiger partial charge on any atom is -0.378 e. The van der Waals surface area contributed by atoms with E-state index in [1.807, 2.05) is 0 Å². The van der Waals surface area contributed by atoms with Crippen molar-refractivity contribution in [1.29, 1.82) is 0 Å². The first-order chi connectivity index (χ1) is 11.2. The first-order valence-electron chi connectivity index (χ1n) is 6.61. The van der Waals surface area contributed by atoms with Crippen LogP contribution in [0, 0.1) is 5.82 Å².